The second kappa shape index (κ2) is 7.40. The number of nitrogens with two attached hydrogens (primary N) is 1. The highest BCUT2D eigenvalue weighted by atomic mass is 32.2. The largest absolute Gasteiger partial charge is 0.351 e. The molecule has 0 spiro atoms. The van der Waals surface area contributed by atoms with E-state index in [9.17, 15) is 4.79 Å². The van der Waals surface area contributed by atoms with Crippen molar-refractivity contribution in [3.05, 3.63) is 33.4 Å². The summed E-state index contributed by atoms with van der Waals surface area (Å²) in [5.74, 6) is 1.01. The van der Waals surface area contributed by atoms with Crippen LogP contribution in [0.1, 0.15) is 18.7 Å². The SMILES string of the molecule is CC=C(CN(Cc1cccs1)C(N)=O)SCC. The highest BCUT2D eigenvalue weighted by Crippen LogP contribution is 2.19. The van der Waals surface area contributed by atoms with Crippen molar-refractivity contribution in [1.82, 2.24) is 4.90 Å². The van der Waals surface area contributed by atoms with Gasteiger partial charge in [0.15, 0.2) is 0 Å². The normalized spacial score (nSPS) is 11.5. The molecule has 0 aliphatic rings. The second-order valence-corrected chi connectivity index (χ2v) is 5.88. The lowest BCUT2D eigenvalue weighted by atomic mass is 10.4. The molecule has 0 saturated heterocycles. The van der Waals surface area contributed by atoms with Gasteiger partial charge in [-0.05, 0) is 24.1 Å². The molecule has 0 bridgehead atoms. The molecule has 5 heteroatoms. The number of carbonyl (C=O) groups excluding carboxylic acids is 1. The molecule has 0 aromatic carbocycles. The Morgan fingerprint density at radius 1 is 1.65 bits per heavy atom. The van der Waals surface area contributed by atoms with Gasteiger partial charge in [0.1, 0.15) is 0 Å². The van der Waals surface area contributed by atoms with Gasteiger partial charge in [-0.3, -0.25) is 0 Å². The van der Waals surface area contributed by atoms with E-state index in [0.29, 0.717) is 13.1 Å². The van der Waals surface area contributed by atoms with Crippen LogP contribution in [0, 0.1) is 0 Å². The first-order valence-electron chi connectivity index (χ1n) is 5.52. The fourth-order valence-electron chi connectivity index (χ4n) is 1.40. The van der Waals surface area contributed by atoms with Gasteiger partial charge < -0.3 is 10.6 Å². The Morgan fingerprint density at radius 3 is 2.88 bits per heavy atom. The number of thioether (sulfide) groups is 1. The van der Waals surface area contributed by atoms with Crippen molar-refractivity contribution in [3.63, 3.8) is 0 Å². The molecule has 2 N–H and O–H groups in total. The third-order valence-electron chi connectivity index (χ3n) is 2.24. The minimum Gasteiger partial charge on any atom is -0.351 e. The zero-order valence-corrected chi connectivity index (χ0v) is 11.8. The lowest BCUT2D eigenvalue weighted by molar-refractivity contribution is 0.211. The van der Waals surface area contributed by atoms with E-state index in [1.165, 1.54) is 4.91 Å². The smallest absolute Gasteiger partial charge is 0.315 e. The predicted molar refractivity (Wildman–Crippen MR) is 76.2 cm³/mol. The zero-order valence-electron chi connectivity index (χ0n) is 10.2. The number of primary amides is 1. The number of urea groups is 1. The minimum atomic E-state index is -0.366. The first-order valence-corrected chi connectivity index (χ1v) is 7.38. The summed E-state index contributed by atoms with van der Waals surface area (Å²) in [6.07, 6.45) is 2.04. The molecule has 0 saturated carbocycles. The van der Waals surface area contributed by atoms with Crippen molar-refractivity contribution in [1.29, 1.82) is 0 Å². The lowest BCUT2D eigenvalue weighted by Gasteiger charge is -2.20. The monoisotopic (exact) mass is 270 g/mol. The van der Waals surface area contributed by atoms with Crippen LogP contribution < -0.4 is 5.73 Å². The summed E-state index contributed by atoms with van der Waals surface area (Å²) in [6, 6.07) is 3.63. The molecule has 94 valence electrons. The quantitative estimate of drug-likeness (QED) is 0.862. The lowest BCUT2D eigenvalue weighted by Crippen LogP contribution is -2.36. The van der Waals surface area contributed by atoms with Gasteiger partial charge in [0.05, 0.1) is 13.1 Å². The van der Waals surface area contributed by atoms with Gasteiger partial charge in [0.2, 0.25) is 0 Å². The molecule has 3 nitrogen and oxygen atoms in total. The summed E-state index contributed by atoms with van der Waals surface area (Å²) >= 11 is 3.39. The van der Waals surface area contributed by atoms with Crippen LogP contribution in [0.5, 0.6) is 0 Å². The molecule has 0 unspecified atom stereocenters. The number of nitrogens with zero attached hydrogens (tertiary/aromatic N) is 1. The molecule has 17 heavy (non-hydrogen) atoms. The third-order valence-corrected chi connectivity index (χ3v) is 4.12. The number of amides is 2. The topological polar surface area (TPSA) is 46.3 Å². The van der Waals surface area contributed by atoms with Crippen LogP contribution in [-0.4, -0.2) is 23.2 Å². The summed E-state index contributed by atoms with van der Waals surface area (Å²) in [6.45, 7) is 5.28. The number of hydrogen-bond acceptors (Lipinski definition) is 3. The Bertz CT molecular complexity index is 374. The maximum absolute atomic E-state index is 11.4. The number of carbonyl (C=O) groups is 1. The van der Waals surface area contributed by atoms with Gasteiger partial charge >= 0.3 is 6.03 Å². The zero-order chi connectivity index (χ0) is 12.7. The van der Waals surface area contributed by atoms with Gasteiger partial charge in [-0.2, -0.15) is 0 Å². The molecular formula is C12H18N2OS2. The molecular weight excluding hydrogens is 252 g/mol. The molecule has 1 rings (SSSR count). The van der Waals surface area contributed by atoms with E-state index in [0.717, 1.165) is 10.6 Å². The fraction of sp³-hybridized carbons (Fsp3) is 0.417. The van der Waals surface area contributed by atoms with Crippen molar-refractivity contribution >= 4 is 29.1 Å². The Hall–Kier alpha value is -0.940. The first-order chi connectivity index (χ1) is 8.17. The average Bonchev–Trinajstić information content (AvgIpc) is 2.79. The van der Waals surface area contributed by atoms with Crippen molar-refractivity contribution in [2.75, 3.05) is 12.3 Å². The van der Waals surface area contributed by atoms with Crippen molar-refractivity contribution in [3.8, 4) is 0 Å². The highest BCUT2D eigenvalue weighted by Gasteiger charge is 2.12. The number of hydrogen-bond donors (Lipinski definition) is 1. The number of rotatable bonds is 6. The van der Waals surface area contributed by atoms with Crippen LogP contribution >= 0.6 is 23.1 Å². The number of allylic oxidation sites excluding steroid dienone is 1. The van der Waals surface area contributed by atoms with E-state index in [2.05, 4.69) is 6.92 Å². The van der Waals surface area contributed by atoms with E-state index in [-0.39, 0.29) is 6.03 Å². The van der Waals surface area contributed by atoms with Crippen LogP contribution in [-0.2, 0) is 6.54 Å². The summed E-state index contributed by atoms with van der Waals surface area (Å²) in [4.78, 5) is 15.4. The van der Waals surface area contributed by atoms with Crippen molar-refractivity contribution in [2.24, 2.45) is 5.73 Å². The summed E-state index contributed by atoms with van der Waals surface area (Å²) < 4.78 is 0. The summed E-state index contributed by atoms with van der Waals surface area (Å²) in [5.41, 5.74) is 5.41. The molecule has 0 radical (unpaired) electrons. The predicted octanol–water partition coefficient (Wildman–Crippen LogP) is 3.29. The average molecular weight is 270 g/mol. The molecule has 0 aliphatic heterocycles. The van der Waals surface area contributed by atoms with E-state index < -0.39 is 0 Å². The van der Waals surface area contributed by atoms with Crippen molar-refractivity contribution in [2.45, 2.75) is 20.4 Å². The van der Waals surface area contributed by atoms with Gasteiger partial charge in [-0.25, -0.2) is 4.79 Å². The third kappa shape index (κ3) is 4.83. The Balaban J connectivity index is 2.63. The van der Waals surface area contributed by atoms with Crippen LogP contribution in [0.2, 0.25) is 0 Å². The fourth-order valence-corrected chi connectivity index (χ4v) is 2.90. The van der Waals surface area contributed by atoms with Crippen LogP contribution in [0.25, 0.3) is 0 Å². The van der Waals surface area contributed by atoms with Crippen molar-refractivity contribution < 1.29 is 4.79 Å². The van der Waals surface area contributed by atoms with E-state index in [1.54, 1.807) is 28.0 Å². The van der Waals surface area contributed by atoms with Gasteiger partial charge in [-0.15, -0.1) is 23.1 Å². The standard InChI is InChI=1S/C12H18N2OS2/c1-3-10(16-4-2)8-14(12(13)15)9-11-6-5-7-17-11/h3,5-7H,4,8-9H2,1-2H3,(H2,13,15). The van der Waals surface area contributed by atoms with E-state index in [1.807, 2.05) is 30.5 Å². The van der Waals surface area contributed by atoms with E-state index in [4.69, 9.17) is 5.73 Å². The second-order valence-electron chi connectivity index (χ2n) is 3.46. The molecule has 1 aromatic rings. The molecule has 1 aromatic heterocycles. The maximum Gasteiger partial charge on any atom is 0.315 e. The number of thiophene rings is 1. The van der Waals surface area contributed by atoms with Crippen LogP contribution in [0.15, 0.2) is 28.5 Å². The van der Waals surface area contributed by atoms with Gasteiger partial charge in [0.25, 0.3) is 0 Å². The molecule has 0 aliphatic carbocycles. The first kappa shape index (κ1) is 14.1. The maximum atomic E-state index is 11.4. The Morgan fingerprint density at radius 2 is 2.41 bits per heavy atom. The Labute approximate surface area is 111 Å². The van der Waals surface area contributed by atoms with Crippen LogP contribution in [0.3, 0.4) is 0 Å². The molecule has 0 fully saturated rings. The minimum absolute atomic E-state index is 0.366. The summed E-state index contributed by atoms with van der Waals surface area (Å²) in [5, 5.41) is 2.01. The Kier molecular flexibility index (Phi) is 6.15. The molecule has 0 atom stereocenters. The highest BCUT2D eigenvalue weighted by molar-refractivity contribution is 8.03. The van der Waals surface area contributed by atoms with Gasteiger partial charge in [0, 0.05) is 9.78 Å². The van der Waals surface area contributed by atoms with Gasteiger partial charge in [-0.1, -0.05) is 19.1 Å². The summed E-state index contributed by atoms with van der Waals surface area (Å²) in [7, 11) is 0. The molecule has 1 heterocycles. The van der Waals surface area contributed by atoms with E-state index >= 15 is 0 Å². The molecule has 2 amide bonds. The van der Waals surface area contributed by atoms with Crippen LogP contribution in [0.4, 0.5) is 4.79 Å².